The molecule has 0 radical (unpaired) electrons. The van der Waals surface area contributed by atoms with Gasteiger partial charge in [-0.2, -0.15) is 0 Å². The van der Waals surface area contributed by atoms with Crippen LogP contribution in [0.1, 0.15) is 49.8 Å². The second-order valence-corrected chi connectivity index (χ2v) is 6.50. The number of nitrogens with one attached hydrogen (secondary N) is 1. The van der Waals surface area contributed by atoms with Crippen molar-refractivity contribution in [3.8, 4) is 0 Å². The number of hydrogen-bond acceptors (Lipinski definition) is 2. The van der Waals surface area contributed by atoms with E-state index in [1.807, 2.05) is 0 Å². The van der Waals surface area contributed by atoms with Gasteiger partial charge in [0, 0.05) is 16.4 Å². The first-order chi connectivity index (χ1) is 9.45. The normalized spacial score (nSPS) is 11.3. The molecular weight excluding hydrogens is 312 g/mol. The lowest BCUT2D eigenvalue weighted by Crippen LogP contribution is -2.07. The number of halogens is 1. The van der Waals surface area contributed by atoms with Crippen LogP contribution >= 0.6 is 15.9 Å². The fourth-order valence-corrected chi connectivity index (χ4v) is 2.79. The van der Waals surface area contributed by atoms with Crippen LogP contribution in [0.5, 0.6) is 0 Å². The van der Waals surface area contributed by atoms with E-state index >= 15 is 0 Å². The van der Waals surface area contributed by atoms with Crippen molar-refractivity contribution in [1.82, 2.24) is 4.98 Å². The molecule has 0 aliphatic carbocycles. The summed E-state index contributed by atoms with van der Waals surface area (Å²) in [6.07, 6.45) is 1.11. The lowest BCUT2D eigenvalue weighted by atomic mass is 9.98. The first-order valence-corrected chi connectivity index (χ1v) is 8.09. The Labute approximate surface area is 130 Å². The van der Waals surface area contributed by atoms with Crippen molar-refractivity contribution in [3.05, 3.63) is 33.3 Å². The van der Waals surface area contributed by atoms with Gasteiger partial charge in [0.05, 0.1) is 5.52 Å². The molecule has 2 nitrogen and oxygen atoms in total. The largest absolute Gasteiger partial charge is 0.370 e. The highest BCUT2D eigenvalue weighted by Crippen LogP contribution is 2.33. The number of hydrogen-bond donors (Lipinski definition) is 1. The Bertz CT molecular complexity index is 633. The number of nitrogens with zero attached hydrogens (tertiary/aromatic N) is 1. The van der Waals surface area contributed by atoms with E-state index in [1.165, 1.54) is 26.5 Å². The van der Waals surface area contributed by atoms with Crippen molar-refractivity contribution in [3.63, 3.8) is 0 Å². The van der Waals surface area contributed by atoms with Gasteiger partial charge >= 0.3 is 0 Å². The smallest absolute Gasteiger partial charge is 0.130 e. The summed E-state index contributed by atoms with van der Waals surface area (Å²) in [6, 6.07) is 4.46. The number of anilines is 1. The summed E-state index contributed by atoms with van der Waals surface area (Å²) < 4.78 is 1.19. The molecule has 0 saturated carbocycles. The van der Waals surface area contributed by atoms with E-state index in [9.17, 15) is 0 Å². The van der Waals surface area contributed by atoms with Crippen molar-refractivity contribution in [1.29, 1.82) is 0 Å². The van der Waals surface area contributed by atoms with Gasteiger partial charge in [-0.05, 0) is 55.0 Å². The molecule has 1 aromatic carbocycles. The minimum Gasteiger partial charge on any atom is -0.370 e. The van der Waals surface area contributed by atoms with Crippen LogP contribution in [0.25, 0.3) is 10.9 Å². The van der Waals surface area contributed by atoms with Crippen molar-refractivity contribution < 1.29 is 0 Å². The van der Waals surface area contributed by atoms with Gasteiger partial charge in [0.25, 0.3) is 0 Å². The summed E-state index contributed by atoms with van der Waals surface area (Å²) in [5.41, 5.74) is 4.88. The molecule has 0 atom stereocenters. The zero-order chi connectivity index (χ0) is 14.9. The van der Waals surface area contributed by atoms with Crippen molar-refractivity contribution in [2.24, 2.45) is 0 Å². The summed E-state index contributed by atoms with van der Waals surface area (Å²) in [7, 11) is 0. The fraction of sp³-hybridized carbons (Fsp3) is 0.471. The molecule has 3 heteroatoms. The molecule has 2 aromatic rings. The average molecular weight is 335 g/mol. The highest BCUT2D eigenvalue weighted by Gasteiger charge is 2.13. The monoisotopic (exact) mass is 334 g/mol. The Kier molecular flexibility index (Phi) is 4.69. The predicted octanol–water partition coefficient (Wildman–Crippen LogP) is 5.56. The molecule has 2 rings (SSSR count). The second kappa shape index (κ2) is 6.13. The average Bonchev–Trinajstić information content (AvgIpc) is 2.41. The quantitative estimate of drug-likeness (QED) is 0.791. The fourth-order valence-electron chi connectivity index (χ4n) is 2.46. The van der Waals surface area contributed by atoms with Crippen molar-refractivity contribution in [2.45, 2.75) is 47.0 Å². The number of aromatic nitrogens is 1. The van der Waals surface area contributed by atoms with Crippen LogP contribution in [0.2, 0.25) is 0 Å². The van der Waals surface area contributed by atoms with E-state index in [0.717, 1.165) is 24.3 Å². The summed E-state index contributed by atoms with van der Waals surface area (Å²) in [6.45, 7) is 11.9. The van der Waals surface area contributed by atoms with Crippen LogP contribution in [-0.4, -0.2) is 11.5 Å². The number of rotatable bonds is 4. The molecule has 0 saturated heterocycles. The van der Waals surface area contributed by atoms with E-state index in [0.29, 0.717) is 5.92 Å². The molecule has 0 fully saturated rings. The molecule has 0 bridgehead atoms. The van der Waals surface area contributed by atoms with Crippen LogP contribution in [0.4, 0.5) is 5.82 Å². The van der Waals surface area contributed by atoms with E-state index < -0.39 is 0 Å². The number of pyridine rings is 1. The zero-order valence-electron chi connectivity index (χ0n) is 13.0. The summed E-state index contributed by atoms with van der Waals surface area (Å²) in [5, 5.41) is 4.71. The SMILES string of the molecule is CCCNc1nc2cc(C)c(Br)c(C)c2cc1C(C)C. The Hall–Kier alpha value is -1.09. The van der Waals surface area contributed by atoms with Crippen LogP contribution in [-0.2, 0) is 0 Å². The highest BCUT2D eigenvalue weighted by atomic mass is 79.9. The van der Waals surface area contributed by atoms with E-state index in [4.69, 9.17) is 4.98 Å². The maximum atomic E-state index is 4.86. The maximum Gasteiger partial charge on any atom is 0.130 e. The molecule has 0 aliphatic rings. The van der Waals surface area contributed by atoms with E-state index in [-0.39, 0.29) is 0 Å². The van der Waals surface area contributed by atoms with Crippen LogP contribution in [0.15, 0.2) is 16.6 Å². The highest BCUT2D eigenvalue weighted by molar-refractivity contribution is 9.10. The molecule has 1 N–H and O–H groups in total. The van der Waals surface area contributed by atoms with Gasteiger partial charge in [-0.25, -0.2) is 4.98 Å². The minimum atomic E-state index is 0.464. The van der Waals surface area contributed by atoms with Gasteiger partial charge in [0.1, 0.15) is 5.82 Å². The third-order valence-electron chi connectivity index (χ3n) is 3.68. The molecule has 20 heavy (non-hydrogen) atoms. The van der Waals surface area contributed by atoms with Gasteiger partial charge in [0.15, 0.2) is 0 Å². The Balaban J connectivity index is 2.68. The first-order valence-electron chi connectivity index (χ1n) is 7.29. The molecular formula is C17H23BrN2. The molecule has 0 aliphatic heterocycles. The van der Waals surface area contributed by atoms with E-state index in [1.54, 1.807) is 0 Å². The molecule has 1 aromatic heterocycles. The van der Waals surface area contributed by atoms with Gasteiger partial charge in [-0.15, -0.1) is 0 Å². The molecule has 0 amide bonds. The number of benzene rings is 1. The molecule has 0 unspecified atom stereocenters. The maximum absolute atomic E-state index is 4.86. The summed E-state index contributed by atoms with van der Waals surface area (Å²) >= 11 is 3.68. The van der Waals surface area contributed by atoms with E-state index in [2.05, 4.69) is 68.0 Å². The molecule has 0 spiro atoms. The van der Waals surface area contributed by atoms with Crippen molar-refractivity contribution in [2.75, 3.05) is 11.9 Å². The van der Waals surface area contributed by atoms with Gasteiger partial charge < -0.3 is 5.32 Å². The van der Waals surface area contributed by atoms with Gasteiger partial charge in [-0.3, -0.25) is 0 Å². The topological polar surface area (TPSA) is 24.9 Å². The summed E-state index contributed by atoms with van der Waals surface area (Å²) in [4.78, 5) is 4.86. The Morgan fingerprint density at radius 1 is 1.25 bits per heavy atom. The Morgan fingerprint density at radius 2 is 1.95 bits per heavy atom. The first kappa shape index (κ1) is 15.3. The van der Waals surface area contributed by atoms with Crippen molar-refractivity contribution >= 4 is 32.7 Å². The number of fused-ring (bicyclic) bond motifs is 1. The standard InChI is InChI=1S/C17H23BrN2/c1-6-7-19-17-13(10(2)3)9-14-12(5)16(18)11(4)8-15(14)20-17/h8-10H,6-7H2,1-5H3,(H,19,20). The molecule has 108 valence electrons. The van der Waals surface area contributed by atoms with Gasteiger partial charge in [-0.1, -0.05) is 36.7 Å². The number of aryl methyl sites for hydroxylation is 2. The third-order valence-corrected chi connectivity index (χ3v) is 4.90. The minimum absolute atomic E-state index is 0.464. The van der Waals surface area contributed by atoms with Crippen LogP contribution in [0, 0.1) is 13.8 Å². The van der Waals surface area contributed by atoms with Crippen LogP contribution in [0.3, 0.4) is 0 Å². The summed E-state index contributed by atoms with van der Waals surface area (Å²) in [5.74, 6) is 1.50. The third kappa shape index (κ3) is 2.83. The van der Waals surface area contributed by atoms with Crippen LogP contribution < -0.4 is 5.32 Å². The second-order valence-electron chi connectivity index (χ2n) is 5.71. The lowest BCUT2D eigenvalue weighted by molar-refractivity contribution is 0.856. The zero-order valence-corrected chi connectivity index (χ0v) is 14.6. The predicted molar refractivity (Wildman–Crippen MR) is 91.8 cm³/mol. The Morgan fingerprint density at radius 3 is 2.55 bits per heavy atom. The lowest BCUT2D eigenvalue weighted by Gasteiger charge is -2.17. The molecule has 1 heterocycles. The van der Waals surface area contributed by atoms with Gasteiger partial charge in [0.2, 0.25) is 0 Å².